The summed E-state index contributed by atoms with van der Waals surface area (Å²) in [6.07, 6.45) is 0.131. The van der Waals surface area contributed by atoms with Gasteiger partial charge in [-0.3, -0.25) is 14.6 Å². The molecular weight excluding hydrogens is 331 g/mol. The number of hydrogen-bond acceptors (Lipinski definition) is 6. The molecule has 0 saturated heterocycles. The second-order valence-corrected chi connectivity index (χ2v) is 7.24. The molecule has 1 aromatic carbocycles. The van der Waals surface area contributed by atoms with Crippen LogP contribution in [0.2, 0.25) is 0 Å². The first-order valence-corrected chi connectivity index (χ1v) is 9.35. The van der Waals surface area contributed by atoms with E-state index in [0.717, 1.165) is 0 Å². The lowest BCUT2D eigenvalue weighted by Crippen LogP contribution is -2.27. The van der Waals surface area contributed by atoms with Gasteiger partial charge in [0.2, 0.25) is 5.91 Å². The predicted molar refractivity (Wildman–Crippen MR) is 88.5 cm³/mol. The maximum absolute atomic E-state index is 13.2. The SMILES string of the molecule is CCOP(=O)(OCC)C(CCN(O)C(C)=O)c1ccccc1C#N. The van der Waals surface area contributed by atoms with Crippen LogP contribution in [0.1, 0.15) is 44.0 Å². The Morgan fingerprint density at radius 2 is 1.92 bits per heavy atom. The minimum atomic E-state index is -3.58. The Morgan fingerprint density at radius 3 is 2.42 bits per heavy atom. The van der Waals surface area contributed by atoms with Gasteiger partial charge in [-0.2, -0.15) is 5.26 Å². The van der Waals surface area contributed by atoms with Crippen LogP contribution in [0.15, 0.2) is 24.3 Å². The van der Waals surface area contributed by atoms with Gasteiger partial charge in [0.25, 0.3) is 0 Å². The van der Waals surface area contributed by atoms with E-state index < -0.39 is 19.2 Å². The zero-order valence-electron chi connectivity index (χ0n) is 14.1. The van der Waals surface area contributed by atoms with Crippen molar-refractivity contribution in [1.29, 1.82) is 5.26 Å². The molecule has 0 spiro atoms. The van der Waals surface area contributed by atoms with E-state index >= 15 is 0 Å². The van der Waals surface area contributed by atoms with Crippen molar-refractivity contribution >= 4 is 13.5 Å². The average molecular weight is 354 g/mol. The summed E-state index contributed by atoms with van der Waals surface area (Å²) in [5.74, 6) is -0.523. The number of carbonyl (C=O) groups is 1. The number of hydroxylamine groups is 2. The van der Waals surface area contributed by atoms with Crippen LogP contribution in [0.3, 0.4) is 0 Å². The van der Waals surface area contributed by atoms with Crippen LogP contribution in [0.5, 0.6) is 0 Å². The fourth-order valence-corrected chi connectivity index (χ4v) is 4.50. The topological polar surface area (TPSA) is 99.9 Å². The van der Waals surface area contributed by atoms with Crippen LogP contribution in [-0.2, 0) is 18.4 Å². The molecule has 1 rings (SSSR count). The third-order valence-electron chi connectivity index (χ3n) is 3.42. The van der Waals surface area contributed by atoms with Gasteiger partial charge < -0.3 is 9.05 Å². The highest BCUT2D eigenvalue weighted by atomic mass is 31.2. The van der Waals surface area contributed by atoms with Gasteiger partial charge in [0.05, 0.1) is 30.5 Å². The van der Waals surface area contributed by atoms with Gasteiger partial charge in [-0.05, 0) is 31.9 Å². The van der Waals surface area contributed by atoms with E-state index in [2.05, 4.69) is 6.07 Å². The van der Waals surface area contributed by atoms with Gasteiger partial charge in [-0.1, -0.05) is 18.2 Å². The van der Waals surface area contributed by atoms with Crippen LogP contribution in [0.25, 0.3) is 0 Å². The summed E-state index contributed by atoms with van der Waals surface area (Å²) < 4.78 is 24.1. The molecule has 0 fully saturated rings. The summed E-state index contributed by atoms with van der Waals surface area (Å²) in [6.45, 7) is 4.93. The summed E-state index contributed by atoms with van der Waals surface area (Å²) in [7, 11) is -3.58. The van der Waals surface area contributed by atoms with E-state index in [1.54, 1.807) is 38.1 Å². The van der Waals surface area contributed by atoms with Crippen molar-refractivity contribution in [3.05, 3.63) is 35.4 Å². The van der Waals surface area contributed by atoms with Gasteiger partial charge in [-0.15, -0.1) is 0 Å². The van der Waals surface area contributed by atoms with Crippen molar-refractivity contribution in [3.63, 3.8) is 0 Å². The van der Waals surface area contributed by atoms with E-state index in [4.69, 9.17) is 9.05 Å². The minimum Gasteiger partial charge on any atom is -0.308 e. The van der Waals surface area contributed by atoms with Gasteiger partial charge in [0.15, 0.2) is 0 Å². The molecule has 7 nitrogen and oxygen atoms in total. The molecule has 0 bridgehead atoms. The Bertz CT molecular complexity index is 634. The van der Waals surface area contributed by atoms with Crippen molar-refractivity contribution < 1.29 is 23.6 Å². The zero-order chi connectivity index (χ0) is 18.2. The molecule has 8 heteroatoms. The molecular formula is C16H23N2O5P. The van der Waals surface area contributed by atoms with E-state index in [0.29, 0.717) is 16.2 Å². The van der Waals surface area contributed by atoms with Crippen LogP contribution in [0, 0.1) is 11.3 Å². The number of benzene rings is 1. The van der Waals surface area contributed by atoms with Crippen molar-refractivity contribution in [2.24, 2.45) is 0 Å². The number of rotatable bonds is 9. The first kappa shape index (κ1) is 20.3. The highest BCUT2D eigenvalue weighted by Gasteiger charge is 2.38. The summed E-state index contributed by atoms with van der Waals surface area (Å²) in [5.41, 5.74) is 0.110. The fraction of sp³-hybridized carbons (Fsp3) is 0.500. The van der Waals surface area contributed by atoms with Gasteiger partial charge in [0.1, 0.15) is 0 Å². The molecule has 0 aliphatic heterocycles. The minimum absolute atomic E-state index is 0.0517. The molecule has 24 heavy (non-hydrogen) atoms. The summed E-state index contributed by atoms with van der Waals surface area (Å²) in [5, 5.41) is 19.5. The monoisotopic (exact) mass is 354 g/mol. The number of hydrogen-bond donors (Lipinski definition) is 1. The molecule has 1 N–H and O–H groups in total. The second-order valence-electron chi connectivity index (χ2n) is 5.02. The molecule has 0 aromatic heterocycles. The van der Waals surface area contributed by atoms with Gasteiger partial charge in [0, 0.05) is 13.5 Å². The Morgan fingerprint density at radius 1 is 1.33 bits per heavy atom. The summed E-state index contributed by atoms with van der Waals surface area (Å²) >= 11 is 0. The number of carbonyl (C=O) groups excluding carboxylic acids is 1. The number of amides is 1. The molecule has 1 amide bonds. The highest BCUT2D eigenvalue weighted by molar-refractivity contribution is 7.54. The third-order valence-corrected chi connectivity index (χ3v) is 5.95. The smallest absolute Gasteiger partial charge is 0.308 e. The lowest BCUT2D eigenvalue weighted by molar-refractivity contribution is -0.162. The Kier molecular flexibility index (Phi) is 8.09. The van der Waals surface area contributed by atoms with E-state index in [9.17, 15) is 19.8 Å². The quantitative estimate of drug-likeness (QED) is 0.414. The lowest BCUT2D eigenvalue weighted by Gasteiger charge is -2.28. The standard InChI is InChI=1S/C16H23N2O5P/c1-4-22-24(21,23-5-2)16(10-11-18(20)13(3)19)15-9-7-6-8-14(15)12-17/h6-9,16,20H,4-5,10-11H2,1-3H3. The molecule has 0 heterocycles. The van der Waals surface area contributed by atoms with Gasteiger partial charge >= 0.3 is 7.60 Å². The molecule has 1 atom stereocenters. The first-order chi connectivity index (χ1) is 11.4. The molecule has 1 aromatic rings. The fourth-order valence-electron chi connectivity index (χ4n) is 2.35. The second kappa shape index (κ2) is 9.55. The van der Waals surface area contributed by atoms with E-state index in [1.165, 1.54) is 6.92 Å². The maximum Gasteiger partial charge on any atom is 0.338 e. The zero-order valence-corrected chi connectivity index (χ0v) is 15.0. The van der Waals surface area contributed by atoms with Crippen LogP contribution in [-0.4, -0.2) is 35.9 Å². The highest BCUT2D eigenvalue weighted by Crippen LogP contribution is 2.62. The van der Waals surface area contributed by atoms with E-state index in [1.807, 2.05) is 0 Å². The Labute approximate surface area is 142 Å². The maximum atomic E-state index is 13.2. The average Bonchev–Trinajstić information content (AvgIpc) is 2.55. The van der Waals surface area contributed by atoms with Crippen LogP contribution >= 0.6 is 7.60 Å². The molecule has 0 aliphatic carbocycles. The number of nitriles is 1. The van der Waals surface area contributed by atoms with Crippen LogP contribution < -0.4 is 0 Å². The molecule has 1 unspecified atom stereocenters. The third kappa shape index (κ3) is 5.15. The predicted octanol–water partition coefficient (Wildman–Crippen LogP) is 3.49. The van der Waals surface area contributed by atoms with Crippen molar-refractivity contribution in [3.8, 4) is 6.07 Å². The largest absolute Gasteiger partial charge is 0.338 e. The summed E-state index contributed by atoms with van der Waals surface area (Å²) in [6, 6.07) is 8.81. The molecule has 0 saturated carbocycles. The normalized spacial score (nSPS) is 12.5. The van der Waals surface area contributed by atoms with Gasteiger partial charge in [-0.25, -0.2) is 5.06 Å². The van der Waals surface area contributed by atoms with Crippen molar-refractivity contribution in [1.82, 2.24) is 5.06 Å². The lowest BCUT2D eigenvalue weighted by atomic mass is 10.0. The van der Waals surface area contributed by atoms with Crippen molar-refractivity contribution in [2.75, 3.05) is 19.8 Å². The Hall–Kier alpha value is -1.71. The molecule has 132 valence electrons. The molecule has 0 aliphatic rings. The molecule has 0 radical (unpaired) electrons. The first-order valence-electron chi connectivity index (χ1n) is 7.74. The number of nitrogens with zero attached hydrogens (tertiary/aromatic N) is 2. The summed E-state index contributed by atoms with van der Waals surface area (Å²) in [4.78, 5) is 11.2. The van der Waals surface area contributed by atoms with E-state index in [-0.39, 0.29) is 26.2 Å². The Balaban J connectivity index is 3.27. The van der Waals surface area contributed by atoms with Crippen LogP contribution in [0.4, 0.5) is 0 Å². The van der Waals surface area contributed by atoms with Crippen molar-refractivity contribution in [2.45, 2.75) is 32.9 Å².